The average Bonchev–Trinajstić information content (AvgIpc) is 3.50. The number of hydrogen-bond donors (Lipinski definition) is 0. The van der Waals surface area contributed by atoms with Crippen LogP contribution < -0.4 is 15.2 Å². The summed E-state index contributed by atoms with van der Waals surface area (Å²) in [6.07, 6.45) is 10.1. The van der Waals surface area contributed by atoms with Crippen LogP contribution in [0, 0.1) is 0 Å². The number of allylic oxidation sites excluding steroid dienone is 2. The first-order chi connectivity index (χ1) is 24.7. The Hall–Kier alpha value is -6.46. The number of para-hydroxylation sites is 2. The molecule has 0 N–H and O–H groups in total. The maximum absolute atomic E-state index is 6.25. The van der Waals surface area contributed by atoms with E-state index < -0.39 is 0 Å². The van der Waals surface area contributed by atoms with Gasteiger partial charge in [0.15, 0.2) is 0 Å². The van der Waals surface area contributed by atoms with Gasteiger partial charge in [-0.15, -0.1) is 0 Å². The summed E-state index contributed by atoms with van der Waals surface area (Å²) in [5.74, 6) is 1.91. The Bertz CT molecular complexity index is 2640. The molecular formula is C45H32N4O. The number of benzene rings is 6. The first kappa shape index (κ1) is 28.5. The lowest BCUT2D eigenvalue weighted by atomic mass is 9.95. The lowest BCUT2D eigenvalue weighted by Gasteiger charge is -2.35. The molecule has 5 aliphatic rings. The van der Waals surface area contributed by atoms with Crippen LogP contribution in [0.3, 0.4) is 0 Å². The molecule has 0 aromatic heterocycles. The van der Waals surface area contributed by atoms with Crippen LogP contribution in [0.1, 0.15) is 12.0 Å². The highest BCUT2D eigenvalue weighted by Gasteiger charge is 2.39. The van der Waals surface area contributed by atoms with Crippen molar-refractivity contribution in [2.24, 2.45) is 9.98 Å². The minimum absolute atomic E-state index is 0.250. The minimum Gasteiger partial charge on any atom is -0.456 e. The van der Waals surface area contributed by atoms with Crippen LogP contribution in [-0.4, -0.2) is 12.8 Å². The zero-order chi connectivity index (χ0) is 33.2. The molecule has 0 fully saturated rings. The molecule has 0 spiro atoms. The van der Waals surface area contributed by atoms with Crippen LogP contribution in [0.5, 0.6) is 0 Å². The molecule has 5 aromatic rings. The highest BCUT2D eigenvalue weighted by Crippen LogP contribution is 2.52. The number of nitrogens with zero attached hydrogens (tertiary/aromatic N) is 4. The van der Waals surface area contributed by atoms with E-state index >= 15 is 0 Å². The van der Waals surface area contributed by atoms with Crippen molar-refractivity contribution in [3.8, 4) is 22.5 Å². The van der Waals surface area contributed by atoms with Gasteiger partial charge in [-0.3, -0.25) is 14.9 Å². The van der Waals surface area contributed by atoms with Crippen molar-refractivity contribution in [3.63, 3.8) is 0 Å². The van der Waals surface area contributed by atoms with E-state index in [2.05, 4.69) is 131 Å². The fourth-order valence-corrected chi connectivity index (χ4v) is 7.88. The molecule has 5 heteroatoms. The lowest BCUT2D eigenvalue weighted by Crippen LogP contribution is -2.36. The quantitative estimate of drug-likeness (QED) is 0.141. The van der Waals surface area contributed by atoms with Gasteiger partial charge in [0.1, 0.15) is 17.2 Å². The topological polar surface area (TPSA) is 44.3 Å². The zero-order valence-electron chi connectivity index (χ0n) is 27.3. The van der Waals surface area contributed by atoms with Crippen LogP contribution >= 0.6 is 0 Å². The smallest absolute Gasteiger partial charge is 0.139 e. The molecule has 0 bridgehead atoms. The highest BCUT2D eigenvalue weighted by atomic mass is 16.3. The molecule has 5 aromatic carbocycles. The molecule has 0 saturated carbocycles. The zero-order valence-corrected chi connectivity index (χ0v) is 27.3. The second kappa shape index (κ2) is 11.3. The molecule has 3 aliphatic heterocycles. The summed E-state index contributed by atoms with van der Waals surface area (Å²) >= 11 is 0. The van der Waals surface area contributed by atoms with E-state index in [1.54, 1.807) is 0 Å². The normalized spacial score (nSPS) is 16.5. The van der Waals surface area contributed by atoms with Crippen molar-refractivity contribution in [1.29, 1.82) is 0 Å². The molecule has 0 saturated heterocycles. The summed E-state index contributed by atoms with van der Waals surface area (Å²) in [6, 6.07) is 45.2. The fourth-order valence-electron chi connectivity index (χ4n) is 7.88. The van der Waals surface area contributed by atoms with Crippen molar-refractivity contribution in [1.82, 2.24) is 0 Å². The number of hydrogen-bond acceptors (Lipinski definition) is 5. The van der Waals surface area contributed by atoms with Gasteiger partial charge < -0.3 is 9.32 Å². The maximum Gasteiger partial charge on any atom is 0.139 e. The van der Waals surface area contributed by atoms with Crippen molar-refractivity contribution in [2.45, 2.75) is 19.0 Å². The van der Waals surface area contributed by atoms with Crippen molar-refractivity contribution in [2.75, 3.05) is 9.80 Å². The Labute approximate surface area is 290 Å². The van der Waals surface area contributed by atoms with Gasteiger partial charge in [-0.25, -0.2) is 0 Å². The van der Waals surface area contributed by atoms with Gasteiger partial charge in [0.2, 0.25) is 0 Å². The van der Waals surface area contributed by atoms with Gasteiger partial charge in [0, 0.05) is 22.2 Å². The van der Waals surface area contributed by atoms with E-state index in [9.17, 15) is 0 Å². The van der Waals surface area contributed by atoms with Gasteiger partial charge in [0.05, 0.1) is 40.6 Å². The average molecular weight is 645 g/mol. The number of fused-ring (bicyclic) bond motifs is 10. The van der Waals surface area contributed by atoms with Gasteiger partial charge >= 0.3 is 0 Å². The van der Waals surface area contributed by atoms with E-state index in [1.807, 2.05) is 42.5 Å². The maximum atomic E-state index is 6.25. The van der Waals surface area contributed by atoms with Gasteiger partial charge in [-0.05, 0) is 95.7 Å². The van der Waals surface area contributed by atoms with Crippen LogP contribution in [0.25, 0.3) is 44.2 Å². The number of rotatable bonds is 4. The third-order valence-corrected chi connectivity index (χ3v) is 10.2. The molecule has 5 nitrogen and oxygen atoms in total. The van der Waals surface area contributed by atoms with E-state index in [4.69, 9.17) is 9.41 Å². The number of anilines is 3. The summed E-state index contributed by atoms with van der Waals surface area (Å²) in [7, 11) is 0. The first-order valence-electron chi connectivity index (χ1n) is 17.1. The number of aliphatic imine (C=N–C) groups is 1. The molecule has 1 atom stereocenters. The molecule has 238 valence electrons. The fraction of sp³-hybridized carbons (Fsp3) is 0.0667. The SMILES string of the molecule is C=Nc1c2c(=NCc3ccc(N4C5=CC6=CC=CCC6N5c5ccccc5-c5cc6ccccc6cc54)cc3)cccc-2oc2ccccc12. The van der Waals surface area contributed by atoms with E-state index in [0.29, 0.717) is 6.54 Å². The Morgan fingerprint density at radius 1 is 0.760 bits per heavy atom. The summed E-state index contributed by atoms with van der Waals surface area (Å²) in [6.45, 7) is 4.41. The predicted molar refractivity (Wildman–Crippen MR) is 205 cm³/mol. The van der Waals surface area contributed by atoms with Crippen molar-refractivity contribution >= 4 is 51.2 Å². The van der Waals surface area contributed by atoms with Crippen LogP contribution in [-0.2, 0) is 6.54 Å². The third kappa shape index (κ3) is 4.40. The third-order valence-electron chi connectivity index (χ3n) is 10.2. The van der Waals surface area contributed by atoms with Crippen LogP contribution in [0.15, 0.2) is 177 Å². The highest BCUT2D eigenvalue weighted by molar-refractivity contribution is 6.02. The van der Waals surface area contributed by atoms with Gasteiger partial charge in [-0.2, -0.15) is 0 Å². The second-order valence-corrected chi connectivity index (χ2v) is 13.0. The molecule has 2 aliphatic carbocycles. The molecule has 1 unspecified atom stereocenters. The molecular weight excluding hydrogens is 613 g/mol. The lowest BCUT2D eigenvalue weighted by molar-refractivity contribution is 0.618. The Morgan fingerprint density at radius 2 is 1.56 bits per heavy atom. The van der Waals surface area contributed by atoms with E-state index in [0.717, 1.165) is 51.0 Å². The van der Waals surface area contributed by atoms with Crippen molar-refractivity contribution < 1.29 is 4.42 Å². The molecule has 3 heterocycles. The molecule has 50 heavy (non-hydrogen) atoms. The van der Waals surface area contributed by atoms with E-state index in [1.165, 1.54) is 44.7 Å². The van der Waals surface area contributed by atoms with Gasteiger partial charge in [0.25, 0.3) is 0 Å². The standard InChI is InChI=1S/C45H32N4O/c1-46-45-35-15-6-9-19-41(35)50-42-20-10-16-37(44(42)45)47-28-29-21-23-33(24-22-29)48-40-26-31-12-3-2-11-30(31)25-36(40)34-14-5-8-18-39(34)49-38-17-7-4-13-32(38)27-43(48)49/h2-16,18-27,38H,1,17,28H2. The second-order valence-electron chi connectivity index (χ2n) is 13.0. The van der Waals surface area contributed by atoms with Crippen LogP contribution in [0.4, 0.5) is 22.7 Å². The molecule has 10 rings (SSSR count). The minimum atomic E-state index is 0.250. The summed E-state index contributed by atoms with van der Waals surface area (Å²) in [4.78, 5) is 14.5. The van der Waals surface area contributed by atoms with Crippen molar-refractivity contribution in [3.05, 3.63) is 174 Å². The monoisotopic (exact) mass is 644 g/mol. The Morgan fingerprint density at radius 3 is 2.44 bits per heavy atom. The Balaban J connectivity index is 1.10. The molecule has 0 amide bonds. The van der Waals surface area contributed by atoms with E-state index in [-0.39, 0.29) is 6.04 Å². The predicted octanol–water partition coefficient (Wildman–Crippen LogP) is 10.9. The summed E-state index contributed by atoms with van der Waals surface area (Å²) in [5, 5.41) is 4.22. The summed E-state index contributed by atoms with van der Waals surface area (Å²) < 4.78 is 6.25. The summed E-state index contributed by atoms with van der Waals surface area (Å²) in [5.41, 5.74) is 10.9. The van der Waals surface area contributed by atoms with Crippen LogP contribution in [0.2, 0.25) is 0 Å². The largest absolute Gasteiger partial charge is 0.456 e. The van der Waals surface area contributed by atoms with Gasteiger partial charge in [-0.1, -0.05) is 91.0 Å². The Kier molecular flexibility index (Phi) is 6.46. The molecule has 0 radical (unpaired) electrons. The first-order valence-corrected chi connectivity index (χ1v) is 17.1.